The zero-order valence-corrected chi connectivity index (χ0v) is 15.1. The molecular weight excluding hydrogens is 300 g/mol. The molecule has 0 aromatic heterocycles. The quantitative estimate of drug-likeness (QED) is 0.211. The fraction of sp³-hybridized carbons (Fsp3) is 0.824. The van der Waals surface area contributed by atoms with Gasteiger partial charge < -0.3 is 23.7 Å². The number of hydrogen-bond donors (Lipinski definition) is 0. The second-order valence-electron chi connectivity index (χ2n) is 5.23. The van der Waals surface area contributed by atoms with Gasteiger partial charge >= 0.3 is 5.97 Å². The van der Waals surface area contributed by atoms with E-state index in [2.05, 4.69) is 20.4 Å². The maximum atomic E-state index is 11.4. The number of esters is 1. The maximum absolute atomic E-state index is 11.4. The number of carbonyl (C=O) groups excluding carboxylic acids is 1. The van der Waals surface area contributed by atoms with E-state index in [4.69, 9.17) is 23.7 Å². The van der Waals surface area contributed by atoms with Crippen LogP contribution in [0, 0.1) is 0 Å². The molecule has 0 saturated carbocycles. The molecule has 0 fully saturated rings. The Morgan fingerprint density at radius 1 is 1.04 bits per heavy atom. The van der Waals surface area contributed by atoms with Crippen LogP contribution in [0.4, 0.5) is 0 Å². The van der Waals surface area contributed by atoms with Crippen molar-refractivity contribution < 1.29 is 28.5 Å². The number of hydrogen-bond acceptors (Lipinski definition) is 6. The minimum atomic E-state index is -0.784. The summed E-state index contributed by atoms with van der Waals surface area (Å²) in [7, 11) is 2.96. The van der Waals surface area contributed by atoms with Crippen LogP contribution in [0.5, 0.6) is 0 Å². The van der Waals surface area contributed by atoms with Gasteiger partial charge in [-0.1, -0.05) is 33.3 Å². The van der Waals surface area contributed by atoms with Gasteiger partial charge in [-0.15, -0.1) is 0 Å². The van der Waals surface area contributed by atoms with E-state index in [0.717, 1.165) is 25.7 Å². The van der Waals surface area contributed by atoms with E-state index in [-0.39, 0.29) is 0 Å². The van der Waals surface area contributed by atoms with Crippen LogP contribution in [0.15, 0.2) is 12.3 Å². The molecule has 2 atom stereocenters. The van der Waals surface area contributed by atoms with Crippen molar-refractivity contribution in [2.75, 3.05) is 27.4 Å². The van der Waals surface area contributed by atoms with Crippen molar-refractivity contribution in [3.05, 3.63) is 12.3 Å². The van der Waals surface area contributed by atoms with E-state index >= 15 is 0 Å². The first-order valence-corrected chi connectivity index (χ1v) is 8.17. The van der Waals surface area contributed by atoms with Crippen molar-refractivity contribution >= 4 is 5.97 Å². The van der Waals surface area contributed by atoms with Crippen LogP contribution in [0.2, 0.25) is 0 Å². The molecule has 0 rings (SSSR count). The third-order valence-corrected chi connectivity index (χ3v) is 3.23. The molecule has 0 N–H and O–H groups in total. The Labute approximate surface area is 140 Å². The Morgan fingerprint density at radius 2 is 1.61 bits per heavy atom. The van der Waals surface area contributed by atoms with Gasteiger partial charge in [0, 0.05) is 27.8 Å². The highest BCUT2D eigenvalue weighted by atomic mass is 16.7. The molecule has 0 radical (unpaired) electrons. The molecule has 6 nitrogen and oxygen atoms in total. The fourth-order valence-electron chi connectivity index (χ4n) is 1.97. The Bertz CT molecular complexity index is 327. The smallest absolute Gasteiger partial charge is 0.303 e. The molecule has 0 aromatic carbocycles. The third-order valence-electron chi connectivity index (χ3n) is 3.23. The lowest BCUT2D eigenvalue weighted by molar-refractivity contribution is -0.215. The number of rotatable bonds is 14. The third kappa shape index (κ3) is 8.93. The summed E-state index contributed by atoms with van der Waals surface area (Å²) in [5.74, 6) is -0.0283. The largest absolute Gasteiger partial charge is 0.496 e. The van der Waals surface area contributed by atoms with Crippen molar-refractivity contribution in [1.82, 2.24) is 0 Å². The molecule has 23 heavy (non-hydrogen) atoms. The first-order valence-electron chi connectivity index (χ1n) is 8.17. The minimum absolute atomic E-state index is 0.417. The second-order valence-corrected chi connectivity index (χ2v) is 5.23. The molecule has 136 valence electrons. The molecular formula is C17H32O6. The van der Waals surface area contributed by atoms with Gasteiger partial charge in [0.05, 0.1) is 6.61 Å². The predicted molar refractivity (Wildman–Crippen MR) is 88.0 cm³/mol. The summed E-state index contributed by atoms with van der Waals surface area (Å²) in [6.45, 7) is 10.5. The summed E-state index contributed by atoms with van der Waals surface area (Å²) >= 11 is 0. The standard InChI is InChI=1S/C17H32O6/c1-7-9-11-21-13(3)15(22-12-10-8-2)16(23-14(4)18)17(19-5)20-6/h15-17H,3,7-12H2,1-2,4-6H3. The van der Waals surface area contributed by atoms with Crippen LogP contribution >= 0.6 is 0 Å². The van der Waals surface area contributed by atoms with E-state index < -0.39 is 24.5 Å². The van der Waals surface area contributed by atoms with E-state index in [9.17, 15) is 4.79 Å². The zero-order chi connectivity index (χ0) is 17.7. The highest BCUT2D eigenvalue weighted by molar-refractivity contribution is 5.66. The topological polar surface area (TPSA) is 63.2 Å². The minimum Gasteiger partial charge on any atom is -0.496 e. The molecule has 0 amide bonds. The number of carbonyl (C=O) groups is 1. The molecule has 0 aliphatic rings. The van der Waals surface area contributed by atoms with Crippen LogP contribution in [-0.4, -0.2) is 51.9 Å². The highest BCUT2D eigenvalue weighted by Crippen LogP contribution is 2.20. The zero-order valence-electron chi connectivity index (χ0n) is 15.1. The number of ether oxygens (including phenoxy) is 5. The van der Waals surface area contributed by atoms with Gasteiger partial charge in [-0.05, 0) is 12.8 Å². The second kappa shape index (κ2) is 13.3. The molecule has 0 aliphatic heterocycles. The van der Waals surface area contributed by atoms with Crippen molar-refractivity contribution in [3.8, 4) is 0 Å². The van der Waals surface area contributed by atoms with Crippen molar-refractivity contribution in [2.24, 2.45) is 0 Å². The van der Waals surface area contributed by atoms with E-state index in [0.29, 0.717) is 19.0 Å². The van der Waals surface area contributed by atoms with Crippen molar-refractivity contribution in [3.63, 3.8) is 0 Å². The molecule has 6 heteroatoms. The monoisotopic (exact) mass is 332 g/mol. The van der Waals surface area contributed by atoms with E-state index in [1.807, 2.05) is 0 Å². The average Bonchev–Trinajstić information content (AvgIpc) is 2.51. The molecule has 0 spiro atoms. The Balaban J connectivity index is 5.10. The highest BCUT2D eigenvalue weighted by Gasteiger charge is 2.36. The summed E-state index contributed by atoms with van der Waals surface area (Å²) in [6.07, 6.45) is 1.61. The summed E-state index contributed by atoms with van der Waals surface area (Å²) in [6, 6.07) is 0. The lowest BCUT2D eigenvalue weighted by Gasteiger charge is -2.32. The van der Waals surface area contributed by atoms with Gasteiger partial charge in [-0.2, -0.15) is 0 Å². The van der Waals surface area contributed by atoms with Crippen LogP contribution in [0.3, 0.4) is 0 Å². The molecule has 0 aromatic rings. The maximum Gasteiger partial charge on any atom is 0.303 e. The van der Waals surface area contributed by atoms with Crippen molar-refractivity contribution in [1.29, 1.82) is 0 Å². The fourth-order valence-corrected chi connectivity index (χ4v) is 1.97. The summed E-state index contributed by atoms with van der Waals surface area (Å²) in [4.78, 5) is 11.4. The lowest BCUT2D eigenvalue weighted by atomic mass is 10.1. The molecule has 0 saturated heterocycles. The molecule has 2 unspecified atom stereocenters. The van der Waals surface area contributed by atoms with Crippen LogP contribution in [0.1, 0.15) is 46.5 Å². The summed E-state index contributed by atoms with van der Waals surface area (Å²) in [5, 5.41) is 0. The van der Waals surface area contributed by atoms with Gasteiger partial charge in [-0.3, -0.25) is 4.79 Å². The SMILES string of the molecule is C=C(OCCCC)C(OCCCC)C(OC(C)=O)C(OC)OC. The average molecular weight is 332 g/mol. The van der Waals surface area contributed by atoms with Crippen LogP contribution < -0.4 is 0 Å². The summed E-state index contributed by atoms with van der Waals surface area (Å²) in [5.41, 5.74) is 0. The lowest BCUT2D eigenvalue weighted by Crippen LogP contribution is -2.45. The van der Waals surface area contributed by atoms with E-state index in [1.165, 1.54) is 21.1 Å². The summed E-state index contributed by atoms with van der Waals surface area (Å²) < 4.78 is 27.4. The normalized spacial score (nSPS) is 13.7. The Hall–Kier alpha value is -1.11. The molecule has 0 bridgehead atoms. The predicted octanol–water partition coefficient (Wildman–Crippen LogP) is 3.05. The van der Waals surface area contributed by atoms with Gasteiger partial charge in [0.1, 0.15) is 5.76 Å². The van der Waals surface area contributed by atoms with Gasteiger partial charge in [0.25, 0.3) is 0 Å². The van der Waals surface area contributed by atoms with Crippen LogP contribution in [-0.2, 0) is 28.5 Å². The number of unbranched alkanes of at least 4 members (excludes halogenated alkanes) is 2. The van der Waals surface area contributed by atoms with Gasteiger partial charge in [-0.25, -0.2) is 0 Å². The van der Waals surface area contributed by atoms with Gasteiger partial charge in [0.15, 0.2) is 18.5 Å². The van der Waals surface area contributed by atoms with Crippen LogP contribution in [0.25, 0.3) is 0 Å². The Kier molecular flexibility index (Phi) is 12.7. The number of methoxy groups -OCH3 is 2. The van der Waals surface area contributed by atoms with Crippen molar-refractivity contribution in [2.45, 2.75) is 65.0 Å². The first-order chi connectivity index (χ1) is 11.0. The first kappa shape index (κ1) is 21.9. The van der Waals surface area contributed by atoms with Gasteiger partial charge in [0.2, 0.25) is 0 Å². The van der Waals surface area contributed by atoms with E-state index in [1.54, 1.807) is 0 Å². The Morgan fingerprint density at radius 3 is 2.09 bits per heavy atom. The molecule has 0 heterocycles. The molecule has 0 aliphatic carbocycles.